The highest BCUT2D eigenvalue weighted by atomic mass is 35.5. The molecule has 66 valence electrons. The minimum Gasteiger partial charge on any atom is -0.291 e. The fraction of sp³-hybridized carbons (Fsp3) is 0.125. The predicted octanol–water partition coefficient (Wildman–Crippen LogP) is 1.59. The molecule has 0 unspecified atom stereocenters. The lowest BCUT2D eigenvalue weighted by atomic mass is 10.4. The molecule has 0 saturated heterocycles. The van der Waals surface area contributed by atoms with Crippen molar-refractivity contribution >= 4 is 23.0 Å². The summed E-state index contributed by atoms with van der Waals surface area (Å²) in [4.78, 5) is 14.9. The Bertz CT molecular complexity index is 477. The lowest BCUT2D eigenvalue weighted by Gasteiger charge is -1.90. The maximum atomic E-state index is 10.9. The van der Waals surface area contributed by atoms with Crippen molar-refractivity contribution in [3.63, 3.8) is 0 Å². The number of Topliss-reactive ketones (excluding diaryl/α,β-unsaturated/α-hetero) is 1. The molecule has 0 aliphatic carbocycles. The Labute approximate surface area is 79.2 Å². The van der Waals surface area contributed by atoms with Crippen LogP contribution in [0.4, 0.5) is 0 Å². The van der Waals surface area contributed by atoms with Crippen LogP contribution in [0.25, 0.3) is 5.65 Å². The number of fused-ring (bicyclic) bond motifs is 1. The van der Waals surface area contributed by atoms with Gasteiger partial charge in [-0.25, -0.2) is 9.50 Å². The molecule has 0 radical (unpaired) electrons. The Morgan fingerprint density at radius 1 is 1.62 bits per heavy atom. The topological polar surface area (TPSA) is 47.3 Å². The van der Waals surface area contributed by atoms with Crippen LogP contribution in [0.5, 0.6) is 0 Å². The van der Waals surface area contributed by atoms with Crippen LogP contribution < -0.4 is 0 Å². The molecule has 0 fully saturated rings. The summed E-state index contributed by atoms with van der Waals surface area (Å²) < 4.78 is 1.49. The zero-order valence-electron chi connectivity index (χ0n) is 6.86. The number of pyridine rings is 1. The average Bonchev–Trinajstić information content (AvgIpc) is 2.49. The van der Waals surface area contributed by atoms with Crippen molar-refractivity contribution in [3.8, 4) is 0 Å². The summed E-state index contributed by atoms with van der Waals surface area (Å²) in [6.07, 6.45) is 1.70. The monoisotopic (exact) mass is 195 g/mol. The standard InChI is InChI=1S/C8H6ClN3O/c1-5(13)7-10-8-6(9)3-2-4-12(8)11-7/h2-4H,1H3. The van der Waals surface area contributed by atoms with Crippen molar-refractivity contribution < 1.29 is 4.79 Å². The second kappa shape index (κ2) is 2.81. The Morgan fingerprint density at radius 3 is 3.00 bits per heavy atom. The van der Waals surface area contributed by atoms with Gasteiger partial charge in [0.2, 0.25) is 5.82 Å². The van der Waals surface area contributed by atoms with Gasteiger partial charge in [0.15, 0.2) is 11.4 Å². The SMILES string of the molecule is CC(=O)c1nc2c(Cl)cccn2n1. The van der Waals surface area contributed by atoms with Crippen LogP contribution in [0, 0.1) is 0 Å². The smallest absolute Gasteiger partial charge is 0.218 e. The fourth-order valence-corrected chi connectivity index (χ4v) is 1.22. The average molecular weight is 196 g/mol. The summed E-state index contributed by atoms with van der Waals surface area (Å²) in [7, 11) is 0. The van der Waals surface area contributed by atoms with Crippen LogP contribution in [0.3, 0.4) is 0 Å². The molecule has 0 atom stereocenters. The highest BCUT2D eigenvalue weighted by Gasteiger charge is 2.09. The van der Waals surface area contributed by atoms with Crippen LogP contribution in [-0.4, -0.2) is 20.4 Å². The first-order chi connectivity index (χ1) is 6.18. The molecule has 0 amide bonds. The largest absolute Gasteiger partial charge is 0.291 e. The minimum absolute atomic E-state index is 0.167. The highest BCUT2D eigenvalue weighted by Crippen LogP contribution is 2.14. The first-order valence-electron chi connectivity index (χ1n) is 3.70. The van der Waals surface area contributed by atoms with Gasteiger partial charge < -0.3 is 0 Å². The lowest BCUT2D eigenvalue weighted by Crippen LogP contribution is -1.95. The molecule has 0 spiro atoms. The molecule has 0 saturated carbocycles. The molecule has 2 rings (SSSR count). The maximum absolute atomic E-state index is 10.9. The van der Waals surface area contributed by atoms with Crippen molar-refractivity contribution in [2.75, 3.05) is 0 Å². The second-order valence-electron chi connectivity index (χ2n) is 2.62. The van der Waals surface area contributed by atoms with E-state index in [0.717, 1.165) is 0 Å². The molecule has 2 heterocycles. The van der Waals surface area contributed by atoms with E-state index < -0.39 is 0 Å². The second-order valence-corrected chi connectivity index (χ2v) is 3.02. The fourth-order valence-electron chi connectivity index (χ4n) is 1.02. The van der Waals surface area contributed by atoms with Crippen molar-refractivity contribution in [2.45, 2.75) is 6.92 Å². The first-order valence-corrected chi connectivity index (χ1v) is 4.08. The van der Waals surface area contributed by atoms with E-state index in [1.165, 1.54) is 11.4 Å². The van der Waals surface area contributed by atoms with E-state index in [4.69, 9.17) is 11.6 Å². The Balaban J connectivity index is 2.75. The number of rotatable bonds is 1. The number of carbonyl (C=O) groups is 1. The molecule has 2 aromatic heterocycles. The van der Waals surface area contributed by atoms with Gasteiger partial charge in [0.05, 0.1) is 5.02 Å². The number of nitrogens with zero attached hydrogens (tertiary/aromatic N) is 3. The van der Waals surface area contributed by atoms with Gasteiger partial charge >= 0.3 is 0 Å². The number of hydrogen-bond donors (Lipinski definition) is 0. The van der Waals surface area contributed by atoms with Crippen LogP contribution in [0.15, 0.2) is 18.3 Å². The lowest BCUT2D eigenvalue weighted by molar-refractivity contribution is 0.100. The van der Waals surface area contributed by atoms with E-state index in [-0.39, 0.29) is 11.6 Å². The van der Waals surface area contributed by atoms with Gasteiger partial charge in [0.25, 0.3) is 0 Å². The van der Waals surface area contributed by atoms with Crippen LogP contribution in [-0.2, 0) is 0 Å². The maximum Gasteiger partial charge on any atom is 0.218 e. The summed E-state index contributed by atoms with van der Waals surface area (Å²) in [6, 6.07) is 3.45. The Hall–Kier alpha value is -1.42. The van der Waals surface area contributed by atoms with Gasteiger partial charge in [-0.1, -0.05) is 11.6 Å². The third-order valence-corrected chi connectivity index (χ3v) is 1.92. The summed E-state index contributed by atoms with van der Waals surface area (Å²) in [6.45, 7) is 1.42. The van der Waals surface area contributed by atoms with Gasteiger partial charge in [-0.15, -0.1) is 5.10 Å². The molecule has 2 aromatic rings. The van der Waals surface area contributed by atoms with Crippen molar-refractivity contribution in [3.05, 3.63) is 29.2 Å². The number of hydrogen-bond acceptors (Lipinski definition) is 3. The van der Waals surface area contributed by atoms with Gasteiger partial charge in [0.1, 0.15) is 0 Å². The van der Waals surface area contributed by atoms with Gasteiger partial charge in [-0.2, -0.15) is 0 Å². The predicted molar refractivity (Wildman–Crippen MR) is 48.0 cm³/mol. The van der Waals surface area contributed by atoms with E-state index in [0.29, 0.717) is 10.7 Å². The third kappa shape index (κ3) is 1.29. The van der Waals surface area contributed by atoms with E-state index in [2.05, 4.69) is 10.1 Å². The number of aromatic nitrogens is 3. The molecule has 0 bridgehead atoms. The Morgan fingerprint density at radius 2 is 2.38 bits per heavy atom. The summed E-state index contributed by atoms with van der Waals surface area (Å²) in [5.41, 5.74) is 0.509. The number of ketones is 1. The molecule has 13 heavy (non-hydrogen) atoms. The highest BCUT2D eigenvalue weighted by molar-refractivity contribution is 6.33. The molecule has 0 N–H and O–H groups in total. The van der Waals surface area contributed by atoms with E-state index in [1.807, 2.05) is 0 Å². The van der Waals surface area contributed by atoms with E-state index >= 15 is 0 Å². The molecular formula is C8H6ClN3O. The van der Waals surface area contributed by atoms with Crippen molar-refractivity contribution in [1.29, 1.82) is 0 Å². The first kappa shape index (κ1) is 8.19. The molecule has 5 heteroatoms. The van der Waals surface area contributed by atoms with Gasteiger partial charge in [0, 0.05) is 13.1 Å². The number of halogens is 1. The molecule has 0 aromatic carbocycles. The van der Waals surface area contributed by atoms with Crippen LogP contribution >= 0.6 is 11.6 Å². The third-order valence-electron chi connectivity index (χ3n) is 1.63. The summed E-state index contributed by atoms with van der Waals surface area (Å²) in [5, 5.41) is 4.43. The van der Waals surface area contributed by atoms with E-state index in [9.17, 15) is 4.79 Å². The zero-order chi connectivity index (χ0) is 9.42. The zero-order valence-corrected chi connectivity index (χ0v) is 7.62. The number of carbonyl (C=O) groups excluding carboxylic acids is 1. The quantitative estimate of drug-likeness (QED) is 0.650. The summed E-state index contributed by atoms with van der Waals surface area (Å²) >= 11 is 5.84. The molecule has 0 aliphatic heterocycles. The normalized spacial score (nSPS) is 10.6. The Kier molecular flexibility index (Phi) is 1.77. The molecule has 0 aliphatic rings. The minimum atomic E-state index is -0.167. The van der Waals surface area contributed by atoms with Crippen molar-refractivity contribution in [1.82, 2.24) is 14.6 Å². The van der Waals surface area contributed by atoms with Gasteiger partial charge in [-0.3, -0.25) is 4.79 Å². The van der Waals surface area contributed by atoms with Crippen LogP contribution in [0.1, 0.15) is 17.5 Å². The molecular weight excluding hydrogens is 190 g/mol. The van der Waals surface area contributed by atoms with Crippen molar-refractivity contribution in [2.24, 2.45) is 0 Å². The van der Waals surface area contributed by atoms with Gasteiger partial charge in [-0.05, 0) is 12.1 Å². The van der Waals surface area contributed by atoms with Crippen LogP contribution in [0.2, 0.25) is 5.02 Å². The summed E-state index contributed by atoms with van der Waals surface area (Å²) in [5.74, 6) is 0.0212. The van der Waals surface area contributed by atoms with E-state index in [1.54, 1.807) is 18.3 Å². The molecule has 4 nitrogen and oxygen atoms in total.